The molecule has 7 heteroatoms. The summed E-state index contributed by atoms with van der Waals surface area (Å²) in [6.45, 7) is 5.55. The number of aromatic nitrogens is 2. The molecule has 1 unspecified atom stereocenters. The fourth-order valence-electron chi connectivity index (χ4n) is 3.94. The van der Waals surface area contributed by atoms with Gasteiger partial charge in [-0.3, -0.25) is 14.3 Å². The normalized spacial score (nSPS) is 26.6. The lowest BCUT2D eigenvalue weighted by molar-refractivity contribution is -0.139. The summed E-state index contributed by atoms with van der Waals surface area (Å²) >= 11 is 0. The minimum Gasteiger partial charge on any atom is -0.356 e. The predicted molar refractivity (Wildman–Crippen MR) is 94.9 cm³/mol. The largest absolute Gasteiger partial charge is 0.356 e. The van der Waals surface area contributed by atoms with E-state index in [0.717, 1.165) is 37.9 Å². The fraction of sp³-hybridized carbons (Fsp3) is 0.722. The highest BCUT2D eigenvalue weighted by molar-refractivity contribution is 5.83. The Bertz CT molecular complexity index is 614. The number of nitrogens with one attached hydrogen (secondary N) is 2. The molecule has 7 nitrogen and oxygen atoms in total. The number of carbonyl (C=O) groups is 2. The second-order valence-corrected chi connectivity index (χ2v) is 7.23. The molecule has 0 aromatic carbocycles. The maximum Gasteiger partial charge on any atom is 0.227 e. The molecule has 3 atom stereocenters. The highest BCUT2D eigenvalue weighted by Crippen LogP contribution is 2.30. The number of hydrogen-bond donors (Lipinski definition) is 2. The molecule has 0 radical (unpaired) electrons. The van der Waals surface area contributed by atoms with Crippen LogP contribution in [0.5, 0.6) is 0 Å². The Morgan fingerprint density at radius 1 is 1.40 bits per heavy atom. The van der Waals surface area contributed by atoms with Crippen LogP contribution in [0.4, 0.5) is 0 Å². The first-order valence-corrected chi connectivity index (χ1v) is 9.36. The van der Waals surface area contributed by atoms with Crippen LogP contribution in [-0.2, 0) is 16.6 Å². The average molecular weight is 347 g/mol. The van der Waals surface area contributed by atoms with Crippen molar-refractivity contribution < 1.29 is 9.59 Å². The van der Waals surface area contributed by atoms with Gasteiger partial charge in [0, 0.05) is 51.9 Å². The molecule has 3 rings (SSSR count). The van der Waals surface area contributed by atoms with Gasteiger partial charge in [-0.2, -0.15) is 5.10 Å². The van der Waals surface area contributed by atoms with E-state index in [4.69, 9.17) is 0 Å². The van der Waals surface area contributed by atoms with Gasteiger partial charge in [0.1, 0.15) is 0 Å². The van der Waals surface area contributed by atoms with Crippen molar-refractivity contribution in [2.24, 2.45) is 18.9 Å². The number of likely N-dealkylation sites (tertiary alicyclic amines) is 1. The monoisotopic (exact) mass is 347 g/mol. The highest BCUT2D eigenvalue weighted by Gasteiger charge is 2.39. The predicted octanol–water partition coefficient (Wildman–Crippen LogP) is 0.488. The van der Waals surface area contributed by atoms with E-state index in [1.165, 1.54) is 0 Å². The van der Waals surface area contributed by atoms with Crippen molar-refractivity contribution in [1.29, 1.82) is 0 Å². The van der Waals surface area contributed by atoms with Gasteiger partial charge in [-0.25, -0.2) is 0 Å². The van der Waals surface area contributed by atoms with Crippen molar-refractivity contribution in [2.75, 3.05) is 32.7 Å². The molecule has 2 N–H and O–H groups in total. The number of rotatable bonds is 5. The van der Waals surface area contributed by atoms with Crippen LogP contribution in [-0.4, -0.2) is 59.2 Å². The van der Waals surface area contributed by atoms with Gasteiger partial charge in [0.05, 0.1) is 18.0 Å². The quantitative estimate of drug-likeness (QED) is 0.812. The third kappa shape index (κ3) is 4.03. The second-order valence-electron chi connectivity index (χ2n) is 7.23. The van der Waals surface area contributed by atoms with Crippen molar-refractivity contribution in [1.82, 2.24) is 25.3 Å². The summed E-state index contributed by atoms with van der Waals surface area (Å²) in [4.78, 5) is 27.3. The van der Waals surface area contributed by atoms with E-state index in [1.54, 1.807) is 4.68 Å². The topological polar surface area (TPSA) is 79.3 Å². The van der Waals surface area contributed by atoms with Crippen molar-refractivity contribution >= 4 is 11.8 Å². The van der Waals surface area contributed by atoms with Crippen molar-refractivity contribution in [3.8, 4) is 0 Å². The van der Waals surface area contributed by atoms with Crippen LogP contribution in [0.1, 0.15) is 37.7 Å². The zero-order valence-corrected chi connectivity index (χ0v) is 15.2. The van der Waals surface area contributed by atoms with Gasteiger partial charge in [0.25, 0.3) is 0 Å². The highest BCUT2D eigenvalue weighted by atomic mass is 16.2. The minimum absolute atomic E-state index is 0.0679. The van der Waals surface area contributed by atoms with E-state index in [-0.39, 0.29) is 29.6 Å². The number of piperidine rings is 1. The maximum absolute atomic E-state index is 13.1. The molecule has 0 bridgehead atoms. The Morgan fingerprint density at radius 2 is 2.24 bits per heavy atom. The molecule has 0 aliphatic carbocycles. The lowest BCUT2D eigenvalue weighted by Gasteiger charge is -2.34. The lowest BCUT2D eigenvalue weighted by Crippen LogP contribution is -2.48. The number of aryl methyl sites for hydroxylation is 1. The summed E-state index contributed by atoms with van der Waals surface area (Å²) in [7, 11) is 1.90. The molecule has 1 aromatic rings. The van der Waals surface area contributed by atoms with Gasteiger partial charge >= 0.3 is 0 Å². The molecule has 138 valence electrons. The summed E-state index contributed by atoms with van der Waals surface area (Å²) in [5.74, 6) is 0.284. The molecular weight excluding hydrogens is 318 g/mol. The van der Waals surface area contributed by atoms with E-state index in [9.17, 15) is 9.59 Å². The number of amides is 2. The van der Waals surface area contributed by atoms with E-state index < -0.39 is 0 Å². The van der Waals surface area contributed by atoms with Gasteiger partial charge in [0.2, 0.25) is 11.8 Å². The van der Waals surface area contributed by atoms with Gasteiger partial charge in [-0.15, -0.1) is 0 Å². The summed E-state index contributed by atoms with van der Waals surface area (Å²) in [6, 6.07) is 0. The summed E-state index contributed by atoms with van der Waals surface area (Å²) in [5.41, 5.74) is 1.11. The van der Waals surface area contributed by atoms with Crippen molar-refractivity contribution in [3.63, 3.8) is 0 Å². The molecule has 0 spiro atoms. The fourth-order valence-corrected chi connectivity index (χ4v) is 3.94. The van der Waals surface area contributed by atoms with Gasteiger partial charge in [0.15, 0.2) is 0 Å². The molecule has 2 fully saturated rings. The zero-order valence-electron chi connectivity index (χ0n) is 15.2. The minimum atomic E-state index is -0.0737. The van der Waals surface area contributed by atoms with Gasteiger partial charge in [-0.05, 0) is 24.8 Å². The summed E-state index contributed by atoms with van der Waals surface area (Å²) in [5, 5.41) is 10.6. The SMILES string of the molecule is CCCNC(=O)C1CCCN(C(=O)[C@H]2CNC[C@@H]2c2cnn(C)c2)C1. The number of carbonyl (C=O) groups excluding carboxylic acids is 2. The van der Waals surface area contributed by atoms with Crippen molar-refractivity contribution in [2.45, 2.75) is 32.1 Å². The number of hydrogen-bond acceptors (Lipinski definition) is 4. The molecule has 0 saturated carbocycles. The Labute approximate surface area is 149 Å². The van der Waals surface area contributed by atoms with Crippen molar-refractivity contribution in [3.05, 3.63) is 18.0 Å². The van der Waals surface area contributed by atoms with Crippen LogP contribution in [0.3, 0.4) is 0 Å². The van der Waals surface area contributed by atoms with Crippen LogP contribution in [0.25, 0.3) is 0 Å². The maximum atomic E-state index is 13.1. The van der Waals surface area contributed by atoms with E-state index >= 15 is 0 Å². The zero-order chi connectivity index (χ0) is 17.8. The molecular formula is C18H29N5O2. The van der Waals surface area contributed by atoms with E-state index in [0.29, 0.717) is 19.6 Å². The molecule has 3 heterocycles. The molecule has 1 aromatic heterocycles. The van der Waals surface area contributed by atoms with E-state index in [1.807, 2.05) is 31.3 Å². The third-order valence-electron chi connectivity index (χ3n) is 5.34. The first-order chi connectivity index (χ1) is 12.1. The Hall–Kier alpha value is -1.89. The Kier molecular flexibility index (Phi) is 5.73. The molecule has 2 aliphatic rings. The van der Waals surface area contributed by atoms with Crippen LogP contribution < -0.4 is 10.6 Å². The first-order valence-electron chi connectivity index (χ1n) is 9.36. The lowest BCUT2D eigenvalue weighted by atomic mass is 9.88. The van der Waals surface area contributed by atoms with Gasteiger partial charge in [-0.1, -0.05) is 6.92 Å². The van der Waals surface area contributed by atoms with Crippen LogP contribution in [0.2, 0.25) is 0 Å². The summed E-state index contributed by atoms with van der Waals surface area (Å²) in [6.07, 6.45) is 6.55. The first kappa shape index (κ1) is 17.9. The Balaban J connectivity index is 1.64. The molecule has 25 heavy (non-hydrogen) atoms. The third-order valence-corrected chi connectivity index (χ3v) is 5.34. The van der Waals surface area contributed by atoms with Crippen LogP contribution in [0.15, 0.2) is 12.4 Å². The molecule has 2 saturated heterocycles. The average Bonchev–Trinajstić information content (AvgIpc) is 3.27. The molecule has 2 aliphatic heterocycles. The standard InChI is InChI=1S/C18H29N5O2/c1-3-6-20-17(24)13-5-4-7-23(12-13)18(25)16-10-19-9-15(16)14-8-21-22(2)11-14/h8,11,13,15-16,19H,3-7,9-10,12H2,1-2H3,(H,20,24)/t13?,15-,16+/m1/s1. The Morgan fingerprint density at radius 3 is 2.96 bits per heavy atom. The summed E-state index contributed by atoms with van der Waals surface area (Å²) < 4.78 is 1.78. The van der Waals surface area contributed by atoms with Crippen LogP contribution >= 0.6 is 0 Å². The number of nitrogens with zero attached hydrogens (tertiary/aromatic N) is 3. The second kappa shape index (κ2) is 7.99. The van der Waals surface area contributed by atoms with Gasteiger partial charge < -0.3 is 15.5 Å². The smallest absolute Gasteiger partial charge is 0.227 e. The van der Waals surface area contributed by atoms with Crippen LogP contribution in [0, 0.1) is 11.8 Å². The van der Waals surface area contributed by atoms with E-state index in [2.05, 4.69) is 15.7 Å². The molecule has 2 amide bonds.